The molecule has 1 aromatic carbocycles. The Balaban J connectivity index is 2.20. The van der Waals surface area contributed by atoms with Crippen molar-refractivity contribution in [3.8, 4) is 5.69 Å². The third kappa shape index (κ3) is 4.19. The van der Waals surface area contributed by atoms with Crippen LogP contribution < -0.4 is 11.1 Å². The molecule has 0 aliphatic heterocycles. The molecule has 0 aliphatic rings. The molecule has 2 amide bonds. The van der Waals surface area contributed by atoms with Crippen LogP contribution in [0.2, 0.25) is 0 Å². The van der Waals surface area contributed by atoms with Crippen molar-refractivity contribution >= 4 is 17.8 Å². The van der Waals surface area contributed by atoms with Gasteiger partial charge in [0, 0.05) is 18.5 Å². The third-order valence-corrected chi connectivity index (χ3v) is 3.36. The lowest BCUT2D eigenvalue weighted by atomic mass is 10.2. The second kappa shape index (κ2) is 7.40. The quantitative estimate of drug-likeness (QED) is 0.696. The maximum absolute atomic E-state index is 12.2. The van der Waals surface area contributed by atoms with Crippen molar-refractivity contribution in [3.05, 3.63) is 47.8 Å². The number of aromatic nitrogens is 2. The summed E-state index contributed by atoms with van der Waals surface area (Å²) < 4.78 is 1.30. The summed E-state index contributed by atoms with van der Waals surface area (Å²) in [4.78, 5) is 34.4. The van der Waals surface area contributed by atoms with Gasteiger partial charge in [-0.3, -0.25) is 14.4 Å². The van der Waals surface area contributed by atoms with Gasteiger partial charge in [-0.1, -0.05) is 18.2 Å². The van der Waals surface area contributed by atoms with E-state index in [9.17, 15) is 14.4 Å². The van der Waals surface area contributed by atoms with E-state index in [4.69, 9.17) is 10.8 Å². The lowest BCUT2D eigenvalue weighted by molar-refractivity contribution is -0.137. The number of aliphatic carboxylic acids is 1. The largest absolute Gasteiger partial charge is 0.481 e. The van der Waals surface area contributed by atoms with Gasteiger partial charge in [-0.05, 0) is 25.5 Å². The van der Waals surface area contributed by atoms with Gasteiger partial charge in [0.15, 0.2) is 5.69 Å². The van der Waals surface area contributed by atoms with Gasteiger partial charge in [0.05, 0.1) is 5.69 Å². The molecule has 0 radical (unpaired) electrons. The van der Waals surface area contributed by atoms with Crippen LogP contribution in [0.5, 0.6) is 0 Å². The predicted molar refractivity (Wildman–Crippen MR) is 85.9 cm³/mol. The molecule has 0 saturated heterocycles. The topological polar surface area (TPSA) is 127 Å². The van der Waals surface area contributed by atoms with Gasteiger partial charge in [-0.15, -0.1) is 0 Å². The average Bonchev–Trinajstić information content (AvgIpc) is 2.99. The summed E-state index contributed by atoms with van der Waals surface area (Å²) in [6.45, 7) is 1.70. The van der Waals surface area contributed by atoms with Gasteiger partial charge in [0.25, 0.3) is 11.8 Å². The van der Waals surface area contributed by atoms with E-state index in [1.165, 1.54) is 10.7 Å². The fraction of sp³-hybridized carbons (Fsp3) is 0.250. The number of rotatable bonds is 7. The highest BCUT2D eigenvalue weighted by atomic mass is 16.4. The molecular weight excluding hydrogens is 312 g/mol. The van der Waals surface area contributed by atoms with Gasteiger partial charge in [-0.2, -0.15) is 5.10 Å². The summed E-state index contributed by atoms with van der Waals surface area (Å²) in [5.41, 5.74) is 6.08. The number of para-hydroxylation sites is 1. The summed E-state index contributed by atoms with van der Waals surface area (Å²) in [6.07, 6.45) is 0.246. The Morgan fingerprint density at radius 3 is 2.54 bits per heavy atom. The Kier molecular flexibility index (Phi) is 5.31. The summed E-state index contributed by atoms with van der Waals surface area (Å²) in [5.74, 6) is -2.13. The summed E-state index contributed by atoms with van der Waals surface area (Å²) in [7, 11) is 0. The fourth-order valence-electron chi connectivity index (χ4n) is 2.14. The maximum atomic E-state index is 12.2. The van der Waals surface area contributed by atoms with Gasteiger partial charge in [0.1, 0.15) is 5.69 Å². The van der Waals surface area contributed by atoms with Crippen LogP contribution in [0.1, 0.15) is 40.7 Å². The highest BCUT2D eigenvalue weighted by molar-refractivity contribution is 5.97. The van der Waals surface area contributed by atoms with Crippen molar-refractivity contribution in [3.63, 3.8) is 0 Å². The Hall–Kier alpha value is -3.16. The van der Waals surface area contributed by atoms with Crippen molar-refractivity contribution in [2.75, 3.05) is 0 Å². The van der Waals surface area contributed by atoms with E-state index in [0.717, 1.165) is 0 Å². The molecule has 0 fully saturated rings. The molecule has 4 N–H and O–H groups in total. The zero-order valence-corrected chi connectivity index (χ0v) is 13.1. The lowest BCUT2D eigenvalue weighted by Crippen LogP contribution is -2.33. The minimum absolute atomic E-state index is 0.0369. The molecular formula is C16H18N4O4. The van der Waals surface area contributed by atoms with Gasteiger partial charge >= 0.3 is 5.97 Å². The molecule has 1 atom stereocenters. The van der Waals surface area contributed by atoms with Gasteiger partial charge in [-0.25, -0.2) is 4.68 Å². The zero-order chi connectivity index (χ0) is 17.7. The summed E-state index contributed by atoms with van der Waals surface area (Å²) in [5, 5.41) is 15.5. The van der Waals surface area contributed by atoms with Crippen LogP contribution in [0.15, 0.2) is 36.4 Å². The first-order valence-corrected chi connectivity index (χ1v) is 7.36. The first-order chi connectivity index (χ1) is 11.4. The fourth-order valence-corrected chi connectivity index (χ4v) is 2.14. The summed E-state index contributed by atoms with van der Waals surface area (Å²) >= 11 is 0. The number of nitrogens with one attached hydrogen (secondary N) is 1. The van der Waals surface area contributed by atoms with E-state index in [0.29, 0.717) is 12.1 Å². The number of carboxylic acid groups (broad SMARTS) is 1. The molecule has 1 heterocycles. The molecule has 1 unspecified atom stereocenters. The average molecular weight is 330 g/mol. The Morgan fingerprint density at radius 1 is 1.29 bits per heavy atom. The highest BCUT2D eigenvalue weighted by Gasteiger charge is 2.19. The molecule has 8 heteroatoms. The maximum Gasteiger partial charge on any atom is 0.303 e. The molecule has 0 spiro atoms. The Morgan fingerprint density at radius 2 is 1.96 bits per heavy atom. The third-order valence-electron chi connectivity index (χ3n) is 3.36. The lowest BCUT2D eigenvalue weighted by Gasteiger charge is -2.11. The SMILES string of the molecule is CC(CCC(=O)O)NC(=O)c1cc(C(N)=O)n(-c2ccccc2)n1. The van der Waals surface area contributed by atoms with Gasteiger partial charge in [0.2, 0.25) is 0 Å². The zero-order valence-electron chi connectivity index (χ0n) is 13.1. The standard InChI is InChI=1S/C16H18N4O4/c1-10(7-8-14(21)22)18-16(24)12-9-13(15(17)23)20(19-12)11-5-3-2-4-6-11/h2-6,9-10H,7-8H2,1H3,(H2,17,23)(H,18,24)(H,21,22). The van der Waals surface area contributed by atoms with E-state index in [1.54, 1.807) is 31.2 Å². The number of hydrogen-bond acceptors (Lipinski definition) is 4. The monoisotopic (exact) mass is 330 g/mol. The van der Waals surface area contributed by atoms with Crippen LogP contribution in [0, 0.1) is 0 Å². The van der Waals surface area contributed by atoms with Crippen molar-refractivity contribution < 1.29 is 19.5 Å². The normalized spacial score (nSPS) is 11.7. The van der Waals surface area contributed by atoms with Crippen molar-refractivity contribution in [2.24, 2.45) is 5.73 Å². The highest BCUT2D eigenvalue weighted by Crippen LogP contribution is 2.13. The minimum Gasteiger partial charge on any atom is -0.481 e. The van der Waals surface area contributed by atoms with Crippen LogP contribution in [0.3, 0.4) is 0 Å². The second-order valence-corrected chi connectivity index (χ2v) is 5.33. The number of amides is 2. The van der Waals surface area contributed by atoms with E-state index >= 15 is 0 Å². The molecule has 2 aromatic rings. The van der Waals surface area contributed by atoms with Crippen molar-refractivity contribution in [1.29, 1.82) is 0 Å². The van der Waals surface area contributed by atoms with Crippen LogP contribution in [-0.4, -0.2) is 38.7 Å². The number of primary amides is 1. The van der Waals surface area contributed by atoms with E-state index < -0.39 is 17.8 Å². The molecule has 126 valence electrons. The molecule has 0 saturated carbocycles. The molecule has 8 nitrogen and oxygen atoms in total. The van der Waals surface area contributed by atoms with Crippen LogP contribution in [-0.2, 0) is 4.79 Å². The smallest absolute Gasteiger partial charge is 0.303 e. The second-order valence-electron chi connectivity index (χ2n) is 5.33. The molecule has 0 aliphatic carbocycles. The van der Waals surface area contributed by atoms with E-state index in [2.05, 4.69) is 10.4 Å². The molecule has 2 rings (SSSR count). The number of carboxylic acids is 1. The number of carbonyl (C=O) groups excluding carboxylic acids is 2. The Labute approximate surface area is 138 Å². The molecule has 24 heavy (non-hydrogen) atoms. The van der Waals surface area contributed by atoms with E-state index in [1.807, 2.05) is 6.07 Å². The van der Waals surface area contributed by atoms with Gasteiger partial charge < -0.3 is 16.2 Å². The van der Waals surface area contributed by atoms with Crippen LogP contribution in [0.4, 0.5) is 0 Å². The number of hydrogen-bond donors (Lipinski definition) is 3. The predicted octanol–water partition coefficient (Wildman–Crippen LogP) is 0.954. The Bertz CT molecular complexity index is 755. The van der Waals surface area contributed by atoms with Crippen LogP contribution >= 0.6 is 0 Å². The summed E-state index contributed by atoms with van der Waals surface area (Å²) in [6, 6.07) is 9.80. The number of carbonyl (C=O) groups is 3. The van der Waals surface area contributed by atoms with E-state index in [-0.39, 0.29) is 23.9 Å². The van der Waals surface area contributed by atoms with Crippen molar-refractivity contribution in [2.45, 2.75) is 25.8 Å². The van der Waals surface area contributed by atoms with Crippen molar-refractivity contribution in [1.82, 2.24) is 15.1 Å². The number of benzene rings is 1. The molecule has 1 aromatic heterocycles. The first kappa shape index (κ1) is 17.2. The molecule has 0 bridgehead atoms. The minimum atomic E-state index is -0.930. The van der Waals surface area contributed by atoms with Crippen LogP contribution in [0.25, 0.3) is 5.69 Å². The number of nitrogens with zero attached hydrogens (tertiary/aromatic N) is 2. The number of nitrogens with two attached hydrogens (primary N) is 1. The first-order valence-electron chi connectivity index (χ1n) is 7.36.